The molecular weight excluding hydrogens is 256 g/mol. The first kappa shape index (κ1) is 15.7. The topological polar surface area (TPSA) is 53.0 Å². The van der Waals surface area contributed by atoms with Crippen molar-refractivity contribution in [1.82, 2.24) is 9.80 Å². The highest BCUT2D eigenvalue weighted by Gasteiger charge is 2.30. The molecule has 0 aromatic rings. The summed E-state index contributed by atoms with van der Waals surface area (Å²) in [7, 11) is 0. The standard InChI is InChI=1S/C15H28N2O3/c1-2-20-12-14(18)11-16-7-5-6-13(10-16)15(19)17-8-3-4-9-17/h13-14,18H,2-12H2,1H3/t13-,14+/m1/s1. The summed E-state index contributed by atoms with van der Waals surface area (Å²) in [5, 5.41) is 9.91. The molecule has 2 fully saturated rings. The number of aliphatic hydroxyl groups excluding tert-OH is 1. The number of carbonyl (C=O) groups excluding carboxylic acids is 1. The van der Waals surface area contributed by atoms with Crippen LogP contribution in [0.5, 0.6) is 0 Å². The van der Waals surface area contributed by atoms with E-state index in [-0.39, 0.29) is 5.92 Å². The van der Waals surface area contributed by atoms with Gasteiger partial charge in [-0.25, -0.2) is 0 Å². The van der Waals surface area contributed by atoms with Crippen molar-refractivity contribution in [2.75, 3.05) is 45.9 Å². The molecule has 1 amide bonds. The molecule has 5 nitrogen and oxygen atoms in total. The van der Waals surface area contributed by atoms with E-state index in [0.717, 1.165) is 51.9 Å². The number of likely N-dealkylation sites (tertiary alicyclic amines) is 2. The van der Waals surface area contributed by atoms with Crippen molar-refractivity contribution in [1.29, 1.82) is 0 Å². The Morgan fingerprint density at radius 3 is 2.75 bits per heavy atom. The normalized spacial score (nSPS) is 25.9. The van der Waals surface area contributed by atoms with Crippen LogP contribution in [-0.2, 0) is 9.53 Å². The molecule has 2 atom stereocenters. The van der Waals surface area contributed by atoms with Crippen LogP contribution in [0.3, 0.4) is 0 Å². The summed E-state index contributed by atoms with van der Waals surface area (Å²) in [4.78, 5) is 16.6. The van der Waals surface area contributed by atoms with E-state index in [1.807, 2.05) is 11.8 Å². The molecule has 0 aromatic carbocycles. The Bertz CT molecular complexity index is 305. The first-order valence-corrected chi connectivity index (χ1v) is 7.97. The molecule has 0 spiro atoms. The largest absolute Gasteiger partial charge is 0.389 e. The van der Waals surface area contributed by atoms with E-state index in [2.05, 4.69) is 4.90 Å². The van der Waals surface area contributed by atoms with Gasteiger partial charge in [0.2, 0.25) is 5.91 Å². The lowest BCUT2D eigenvalue weighted by Crippen LogP contribution is -2.46. The zero-order valence-corrected chi connectivity index (χ0v) is 12.6. The molecule has 0 aromatic heterocycles. The van der Waals surface area contributed by atoms with Crippen LogP contribution in [-0.4, -0.2) is 72.9 Å². The molecule has 2 rings (SSSR count). The second-order valence-electron chi connectivity index (χ2n) is 5.94. The van der Waals surface area contributed by atoms with E-state index >= 15 is 0 Å². The van der Waals surface area contributed by atoms with Crippen LogP contribution in [0.15, 0.2) is 0 Å². The number of aliphatic hydroxyl groups is 1. The number of amides is 1. The minimum atomic E-state index is -0.449. The number of rotatable bonds is 6. The van der Waals surface area contributed by atoms with Crippen LogP contribution in [0, 0.1) is 5.92 Å². The SMILES string of the molecule is CCOC[C@@H](O)CN1CCC[C@@H](C(=O)N2CCCC2)C1. The van der Waals surface area contributed by atoms with Gasteiger partial charge in [-0.05, 0) is 39.2 Å². The van der Waals surface area contributed by atoms with Crippen LogP contribution < -0.4 is 0 Å². The number of hydrogen-bond donors (Lipinski definition) is 1. The number of carbonyl (C=O) groups is 1. The Hall–Kier alpha value is -0.650. The predicted octanol–water partition coefficient (Wildman–Crippen LogP) is 0.718. The summed E-state index contributed by atoms with van der Waals surface area (Å²) < 4.78 is 5.24. The molecule has 0 unspecified atom stereocenters. The van der Waals surface area contributed by atoms with Gasteiger partial charge in [0.05, 0.1) is 18.6 Å². The molecule has 2 saturated heterocycles. The second kappa shape index (κ2) is 7.96. The fourth-order valence-corrected chi connectivity index (χ4v) is 3.22. The van der Waals surface area contributed by atoms with Crippen molar-refractivity contribution in [2.45, 2.75) is 38.7 Å². The average Bonchev–Trinajstić information content (AvgIpc) is 2.98. The summed E-state index contributed by atoms with van der Waals surface area (Å²) in [6.45, 7) is 7.20. The van der Waals surface area contributed by atoms with Gasteiger partial charge in [-0.3, -0.25) is 9.69 Å². The third kappa shape index (κ3) is 4.43. The lowest BCUT2D eigenvalue weighted by atomic mass is 9.96. The van der Waals surface area contributed by atoms with Crippen molar-refractivity contribution in [3.05, 3.63) is 0 Å². The maximum atomic E-state index is 12.4. The van der Waals surface area contributed by atoms with Gasteiger partial charge >= 0.3 is 0 Å². The lowest BCUT2D eigenvalue weighted by molar-refractivity contribution is -0.136. The van der Waals surface area contributed by atoms with Gasteiger partial charge in [-0.2, -0.15) is 0 Å². The van der Waals surface area contributed by atoms with Gasteiger partial charge in [0, 0.05) is 32.8 Å². The molecule has 2 aliphatic rings. The van der Waals surface area contributed by atoms with Gasteiger partial charge < -0.3 is 14.7 Å². The second-order valence-corrected chi connectivity index (χ2v) is 5.94. The molecule has 0 bridgehead atoms. The van der Waals surface area contributed by atoms with Gasteiger partial charge in [-0.1, -0.05) is 0 Å². The van der Waals surface area contributed by atoms with Crippen molar-refractivity contribution in [3.63, 3.8) is 0 Å². The van der Waals surface area contributed by atoms with Gasteiger partial charge in [0.1, 0.15) is 0 Å². The smallest absolute Gasteiger partial charge is 0.226 e. The van der Waals surface area contributed by atoms with E-state index in [9.17, 15) is 9.90 Å². The summed E-state index contributed by atoms with van der Waals surface area (Å²) in [5.41, 5.74) is 0. The molecule has 1 N–H and O–H groups in total. The van der Waals surface area contributed by atoms with E-state index in [1.54, 1.807) is 0 Å². The van der Waals surface area contributed by atoms with Crippen LogP contribution in [0.1, 0.15) is 32.6 Å². The van der Waals surface area contributed by atoms with Gasteiger partial charge in [0.15, 0.2) is 0 Å². The molecule has 0 radical (unpaired) electrons. The van der Waals surface area contributed by atoms with Crippen LogP contribution in [0.25, 0.3) is 0 Å². The quantitative estimate of drug-likeness (QED) is 0.781. The van der Waals surface area contributed by atoms with Crippen LogP contribution >= 0.6 is 0 Å². The van der Waals surface area contributed by atoms with E-state index in [0.29, 0.717) is 25.7 Å². The number of piperidine rings is 1. The molecular formula is C15H28N2O3. The van der Waals surface area contributed by atoms with Crippen LogP contribution in [0.4, 0.5) is 0 Å². The molecule has 0 aliphatic carbocycles. The van der Waals surface area contributed by atoms with E-state index < -0.39 is 6.10 Å². The predicted molar refractivity (Wildman–Crippen MR) is 77.5 cm³/mol. The first-order chi connectivity index (χ1) is 9.70. The Kier molecular flexibility index (Phi) is 6.26. The zero-order chi connectivity index (χ0) is 14.4. The number of β-amino-alcohol motifs (C(OH)–C–C–N with tert-alkyl or cyclic N) is 1. The Labute approximate surface area is 121 Å². The highest BCUT2D eigenvalue weighted by molar-refractivity contribution is 5.79. The number of nitrogens with zero attached hydrogens (tertiary/aromatic N) is 2. The third-order valence-electron chi connectivity index (χ3n) is 4.26. The Balaban J connectivity index is 1.77. The van der Waals surface area contributed by atoms with Gasteiger partial charge in [-0.15, -0.1) is 0 Å². The van der Waals surface area contributed by atoms with Crippen molar-refractivity contribution in [2.24, 2.45) is 5.92 Å². The van der Waals surface area contributed by atoms with Crippen molar-refractivity contribution in [3.8, 4) is 0 Å². The summed E-state index contributed by atoms with van der Waals surface area (Å²) in [5.74, 6) is 0.452. The number of hydrogen-bond acceptors (Lipinski definition) is 4. The average molecular weight is 284 g/mol. The van der Waals surface area contributed by atoms with Gasteiger partial charge in [0.25, 0.3) is 0 Å². The molecule has 0 saturated carbocycles. The van der Waals surface area contributed by atoms with Crippen molar-refractivity contribution < 1.29 is 14.6 Å². The fourth-order valence-electron chi connectivity index (χ4n) is 3.22. The maximum Gasteiger partial charge on any atom is 0.226 e. The monoisotopic (exact) mass is 284 g/mol. The van der Waals surface area contributed by atoms with Crippen LogP contribution in [0.2, 0.25) is 0 Å². The first-order valence-electron chi connectivity index (χ1n) is 7.97. The van der Waals surface area contributed by atoms with E-state index in [4.69, 9.17) is 4.74 Å². The van der Waals surface area contributed by atoms with Crippen molar-refractivity contribution >= 4 is 5.91 Å². The summed E-state index contributed by atoms with van der Waals surface area (Å²) in [6.07, 6.45) is 3.89. The minimum Gasteiger partial charge on any atom is -0.389 e. The third-order valence-corrected chi connectivity index (χ3v) is 4.26. The van der Waals surface area contributed by atoms with E-state index in [1.165, 1.54) is 0 Å². The Morgan fingerprint density at radius 2 is 2.05 bits per heavy atom. The molecule has 116 valence electrons. The highest BCUT2D eigenvalue weighted by atomic mass is 16.5. The molecule has 2 aliphatic heterocycles. The summed E-state index contributed by atoms with van der Waals surface area (Å²) in [6, 6.07) is 0. The maximum absolute atomic E-state index is 12.4. The minimum absolute atomic E-state index is 0.126. The number of ether oxygens (including phenoxy) is 1. The zero-order valence-electron chi connectivity index (χ0n) is 12.6. The highest BCUT2D eigenvalue weighted by Crippen LogP contribution is 2.21. The molecule has 20 heavy (non-hydrogen) atoms. The Morgan fingerprint density at radius 1 is 1.30 bits per heavy atom. The lowest BCUT2D eigenvalue weighted by Gasteiger charge is -2.34. The summed E-state index contributed by atoms with van der Waals surface area (Å²) >= 11 is 0. The fraction of sp³-hybridized carbons (Fsp3) is 0.933. The molecule has 2 heterocycles. The molecule has 5 heteroatoms.